The summed E-state index contributed by atoms with van der Waals surface area (Å²) in [5.74, 6) is -0.346. The molecule has 164 valence electrons. The molecule has 2 N–H and O–H groups in total. The topological polar surface area (TPSA) is 79.8 Å². The van der Waals surface area contributed by atoms with Crippen LogP contribution in [0.1, 0.15) is 52.0 Å². The summed E-state index contributed by atoms with van der Waals surface area (Å²) in [5.41, 5.74) is 2.03. The molecule has 6 nitrogen and oxygen atoms in total. The number of pyridine rings is 1. The van der Waals surface area contributed by atoms with Gasteiger partial charge in [-0.2, -0.15) is 5.10 Å². The molecule has 0 aliphatic carbocycles. The molecule has 1 atom stereocenters. The van der Waals surface area contributed by atoms with Gasteiger partial charge in [-0.05, 0) is 50.8 Å². The zero-order valence-corrected chi connectivity index (χ0v) is 18.3. The van der Waals surface area contributed by atoms with E-state index in [1.807, 2.05) is 25.1 Å². The third-order valence-corrected chi connectivity index (χ3v) is 6.96. The number of hydrogen-bond acceptors (Lipinski definition) is 3. The highest BCUT2D eigenvalue weighted by Gasteiger charge is 2.37. The molecule has 0 radical (unpaired) electrons. The van der Waals surface area contributed by atoms with Crippen LogP contribution in [0.5, 0.6) is 0 Å². The lowest BCUT2D eigenvalue weighted by Crippen LogP contribution is -2.35. The fourth-order valence-electron chi connectivity index (χ4n) is 4.94. The molecule has 1 fully saturated rings. The van der Waals surface area contributed by atoms with Gasteiger partial charge in [-0.25, -0.2) is 4.39 Å². The maximum absolute atomic E-state index is 14.6. The number of nitrogens with one attached hydrogen (secondary N) is 2. The summed E-state index contributed by atoms with van der Waals surface area (Å²) in [6.07, 6.45) is 4.53. The van der Waals surface area contributed by atoms with E-state index < -0.39 is 0 Å². The van der Waals surface area contributed by atoms with E-state index in [0.717, 1.165) is 19.3 Å². The van der Waals surface area contributed by atoms with Crippen LogP contribution >= 0.6 is 0 Å². The quantitative estimate of drug-likeness (QED) is 0.598. The zero-order valence-electron chi connectivity index (χ0n) is 18.3. The van der Waals surface area contributed by atoms with Crippen molar-refractivity contribution in [3.05, 3.63) is 52.2 Å². The minimum atomic E-state index is -0.367. The monoisotopic (exact) mass is 424 g/mol. The van der Waals surface area contributed by atoms with Crippen molar-refractivity contribution in [2.75, 3.05) is 6.54 Å². The average Bonchev–Trinajstić information content (AvgIpc) is 3.38. The lowest BCUT2D eigenvalue weighted by Gasteiger charge is -2.33. The van der Waals surface area contributed by atoms with Gasteiger partial charge in [0, 0.05) is 41.2 Å². The Balaban J connectivity index is 1.74. The number of carbonyl (C=O) groups is 1. The number of benzene rings is 1. The van der Waals surface area contributed by atoms with Gasteiger partial charge in [-0.15, -0.1) is 0 Å². The van der Waals surface area contributed by atoms with Gasteiger partial charge in [-0.1, -0.05) is 19.9 Å². The molecular formula is C24H29FN4O2. The number of fused-ring (bicyclic) bond motifs is 1. The molecule has 1 aliphatic heterocycles. The Morgan fingerprint density at radius 2 is 1.97 bits per heavy atom. The number of H-pyrrole nitrogens is 1. The number of rotatable bonds is 7. The summed E-state index contributed by atoms with van der Waals surface area (Å²) >= 11 is 0. The Hall–Kier alpha value is -2.96. The molecule has 1 aromatic carbocycles. The molecule has 1 aliphatic rings. The first kappa shape index (κ1) is 21.3. The number of aromatic nitrogens is 3. The largest absolute Gasteiger partial charge is 0.356 e. The predicted molar refractivity (Wildman–Crippen MR) is 119 cm³/mol. The average molecular weight is 425 g/mol. The molecule has 1 amide bonds. The lowest BCUT2D eigenvalue weighted by molar-refractivity contribution is -0.123. The first-order chi connectivity index (χ1) is 14.9. The second-order valence-electron chi connectivity index (χ2n) is 8.43. The van der Waals surface area contributed by atoms with Crippen LogP contribution in [-0.2, 0) is 16.8 Å². The van der Waals surface area contributed by atoms with Crippen molar-refractivity contribution < 1.29 is 9.18 Å². The second-order valence-corrected chi connectivity index (χ2v) is 8.43. The molecule has 3 heterocycles. The first-order valence-corrected chi connectivity index (χ1v) is 11.1. The molecule has 3 aromatic rings. The van der Waals surface area contributed by atoms with Gasteiger partial charge >= 0.3 is 0 Å². The van der Waals surface area contributed by atoms with Crippen molar-refractivity contribution in [1.29, 1.82) is 0 Å². The second kappa shape index (κ2) is 8.29. The molecule has 0 bridgehead atoms. The van der Waals surface area contributed by atoms with Crippen LogP contribution in [-0.4, -0.2) is 27.2 Å². The summed E-state index contributed by atoms with van der Waals surface area (Å²) in [4.78, 5) is 28.3. The molecule has 2 aromatic heterocycles. The van der Waals surface area contributed by atoms with Gasteiger partial charge in [0.15, 0.2) is 0 Å². The molecule has 7 heteroatoms. The van der Waals surface area contributed by atoms with Crippen LogP contribution in [0.15, 0.2) is 35.3 Å². The number of aromatic amines is 1. The minimum absolute atomic E-state index is 0.0650. The molecule has 0 saturated carbocycles. The smallest absolute Gasteiger partial charge is 0.252 e. The number of nitrogens with zero attached hydrogens (tertiary/aromatic N) is 2. The third kappa shape index (κ3) is 3.66. The maximum Gasteiger partial charge on any atom is 0.252 e. The summed E-state index contributed by atoms with van der Waals surface area (Å²) in [5, 5.41) is 7.59. The summed E-state index contributed by atoms with van der Waals surface area (Å²) in [6, 6.07) is 6.99. The van der Waals surface area contributed by atoms with Crippen molar-refractivity contribution in [2.45, 2.75) is 58.4 Å². The van der Waals surface area contributed by atoms with Crippen LogP contribution in [0, 0.1) is 11.7 Å². The molecule has 0 unspecified atom stereocenters. The number of amides is 1. The number of aryl methyl sites for hydroxylation is 1. The van der Waals surface area contributed by atoms with E-state index in [-0.39, 0.29) is 28.6 Å². The van der Waals surface area contributed by atoms with E-state index in [4.69, 9.17) is 0 Å². The van der Waals surface area contributed by atoms with Crippen LogP contribution in [0.4, 0.5) is 4.39 Å². The SMILES string of the molecule is CCn1ncc2c(F)cc(-c3ccc(C(CC)(CC)C[C@H]4CCNC4=O)c(=O)[nH]3)cc21. The van der Waals surface area contributed by atoms with E-state index in [1.54, 1.807) is 4.68 Å². The summed E-state index contributed by atoms with van der Waals surface area (Å²) in [6.45, 7) is 7.42. The minimum Gasteiger partial charge on any atom is -0.356 e. The maximum atomic E-state index is 14.6. The van der Waals surface area contributed by atoms with Crippen molar-refractivity contribution in [1.82, 2.24) is 20.1 Å². The van der Waals surface area contributed by atoms with Crippen LogP contribution in [0.25, 0.3) is 22.2 Å². The Bertz CT molecular complexity index is 1180. The van der Waals surface area contributed by atoms with Crippen molar-refractivity contribution in [3.63, 3.8) is 0 Å². The van der Waals surface area contributed by atoms with Gasteiger partial charge in [0.2, 0.25) is 5.91 Å². The van der Waals surface area contributed by atoms with E-state index in [9.17, 15) is 14.0 Å². The number of carbonyl (C=O) groups excluding carboxylic acids is 1. The number of hydrogen-bond donors (Lipinski definition) is 2. The zero-order chi connectivity index (χ0) is 22.2. The Kier molecular flexibility index (Phi) is 5.69. The highest BCUT2D eigenvalue weighted by molar-refractivity contribution is 5.84. The van der Waals surface area contributed by atoms with Crippen molar-refractivity contribution in [2.24, 2.45) is 5.92 Å². The normalized spacial score (nSPS) is 16.8. The molecule has 0 spiro atoms. The summed E-state index contributed by atoms with van der Waals surface area (Å²) in [7, 11) is 0. The fraction of sp³-hybridized carbons (Fsp3) is 0.458. The van der Waals surface area contributed by atoms with E-state index in [0.29, 0.717) is 47.2 Å². The van der Waals surface area contributed by atoms with E-state index in [1.165, 1.54) is 12.3 Å². The standard InChI is InChI=1S/C24H29FN4O2/c1-4-24(5-2,13-15-9-10-26-22(15)30)18-7-8-20(28-23(18)31)16-11-19(25)17-14-27-29(6-3)21(17)12-16/h7-8,11-12,14-15H,4-6,9-10,13H2,1-3H3,(H,26,30)(H,28,31)/t15-/m1/s1. The predicted octanol–water partition coefficient (Wildman–Crippen LogP) is 4.13. The highest BCUT2D eigenvalue weighted by atomic mass is 19.1. The Morgan fingerprint density at radius 3 is 2.58 bits per heavy atom. The van der Waals surface area contributed by atoms with Gasteiger partial charge in [0.25, 0.3) is 5.56 Å². The molecule has 31 heavy (non-hydrogen) atoms. The van der Waals surface area contributed by atoms with Gasteiger partial charge in [0.1, 0.15) is 5.82 Å². The third-order valence-electron chi connectivity index (χ3n) is 6.96. The van der Waals surface area contributed by atoms with Crippen molar-refractivity contribution >= 4 is 16.8 Å². The van der Waals surface area contributed by atoms with Crippen LogP contribution < -0.4 is 10.9 Å². The molecule has 1 saturated heterocycles. The molecular weight excluding hydrogens is 395 g/mol. The lowest BCUT2D eigenvalue weighted by atomic mass is 9.70. The molecule has 4 rings (SSSR count). The first-order valence-electron chi connectivity index (χ1n) is 11.1. The van der Waals surface area contributed by atoms with Gasteiger partial charge in [-0.3, -0.25) is 14.3 Å². The van der Waals surface area contributed by atoms with E-state index >= 15 is 0 Å². The fourth-order valence-corrected chi connectivity index (χ4v) is 4.94. The van der Waals surface area contributed by atoms with Crippen LogP contribution in [0.3, 0.4) is 0 Å². The highest BCUT2D eigenvalue weighted by Crippen LogP contribution is 2.38. The van der Waals surface area contributed by atoms with Gasteiger partial charge in [0.05, 0.1) is 17.1 Å². The van der Waals surface area contributed by atoms with Crippen LogP contribution in [0.2, 0.25) is 0 Å². The van der Waals surface area contributed by atoms with Gasteiger partial charge < -0.3 is 10.3 Å². The summed E-state index contributed by atoms with van der Waals surface area (Å²) < 4.78 is 16.4. The van der Waals surface area contributed by atoms with Crippen molar-refractivity contribution in [3.8, 4) is 11.3 Å². The Labute approximate surface area is 180 Å². The van der Waals surface area contributed by atoms with E-state index in [2.05, 4.69) is 29.2 Å². The number of halogens is 1. The Morgan fingerprint density at radius 1 is 1.19 bits per heavy atom.